The first-order chi connectivity index (χ1) is 9.85. The maximum atomic E-state index is 13.5. The highest BCUT2D eigenvalue weighted by atomic mass is 32.2. The molecular weight excluding hydrogens is 285 g/mol. The van der Waals surface area contributed by atoms with E-state index in [9.17, 15) is 8.78 Å². The van der Waals surface area contributed by atoms with Crippen molar-refractivity contribution >= 4 is 34.7 Å². The van der Waals surface area contributed by atoms with Gasteiger partial charge in [-0.25, -0.2) is 8.78 Å². The summed E-state index contributed by atoms with van der Waals surface area (Å²) < 4.78 is 40.2. The van der Waals surface area contributed by atoms with Gasteiger partial charge in [0.2, 0.25) is 0 Å². The van der Waals surface area contributed by atoms with Crippen LogP contribution in [0.5, 0.6) is 0 Å². The lowest BCUT2D eigenvalue weighted by atomic mass is 10.3. The Morgan fingerprint density at radius 1 is 1.42 bits per heavy atom. The van der Waals surface area contributed by atoms with E-state index in [0.717, 1.165) is 6.07 Å². The average molecular weight is 297 g/mol. The van der Waals surface area contributed by atoms with E-state index in [-0.39, 0.29) is 16.7 Å². The van der Waals surface area contributed by atoms with Crippen molar-refractivity contribution in [1.82, 2.24) is 4.98 Å². The molecule has 1 aromatic heterocycles. The van der Waals surface area contributed by atoms with Gasteiger partial charge in [-0.15, -0.1) is 0 Å². The molecule has 0 bridgehead atoms. The molecule has 1 heterocycles. The van der Waals surface area contributed by atoms with Crippen LogP contribution in [0, 0.1) is 5.82 Å². The van der Waals surface area contributed by atoms with Crippen LogP contribution in [0.3, 0.4) is 0 Å². The molecule has 0 saturated heterocycles. The molecule has 0 atom stereocenters. The lowest BCUT2D eigenvalue weighted by molar-refractivity contribution is 0.590. The van der Waals surface area contributed by atoms with Crippen molar-refractivity contribution in [3.63, 3.8) is 0 Å². The average Bonchev–Trinajstić information content (AvgIpc) is 2.42. The number of benzene rings is 1. The zero-order chi connectivity index (χ0) is 15.5. The number of nitrogens with zero attached hydrogens (tertiary/aromatic N) is 1. The van der Waals surface area contributed by atoms with Gasteiger partial charge in [0.05, 0.1) is 8.44 Å². The van der Waals surface area contributed by atoms with Crippen molar-refractivity contribution in [1.29, 1.82) is 0 Å². The Hall–Kier alpha value is -1.53. The molecule has 0 fully saturated rings. The van der Waals surface area contributed by atoms with E-state index in [4.69, 9.17) is 15.0 Å². The third-order valence-electron chi connectivity index (χ3n) is 2.24. The Bertz CT molecular complexity index is 648. The van der Waals surface area contributed by atoms with Crippen molar-refractivity contribution in [2.45, 2.75) is 4.90 Å². The standard InChI is InChI=1S/C13H10F2N2S2/c14-8-19-12-7-9(4-5-10(12)15)17-13(18)11-3-1-2-6-16-11/h1-7H,8H2,(H,17,18)/i8D2,14-1. The molecule has 98 valence electrons. The molecule has 19 heavy (non-hydrogen) atoms. The SMILES string of the molecule is [2H]C([2H])([18F])Sc1cc(NC(=S)c2ccccn2)ccc1F. The molecular formula is C13H10F2N2S2. The molecule has 1 N–H and O–H groups in total. The van der Waals surface area contributed by atoms with E-state index in [1.807, 2.05) is 0 Å². The summed E-state index contributed by atoms with van der Waals surface area (Å²) in [4.78, 5) is 4.26. The first kappa shape index (κ1) is 11.3. The van der Waals surface area contributed by atoms with Crippen molar-refractivity contribution in [3.8, 4) is 0 Å². The van der Waals surface area contributed by atoms with Gasteiger partial charge in [0.1, 0.15) is 16.8 Å². The highest BCUT2D eigenvalue weighted by molar-refractivity contribution is 7.99. The Morgan fingerprint density at radius 2 is 2.26 bits per heavy atom. The van der Waals surface area contributed by atoms with Crippen LogP contribution in [0.4, 0.5) is 14.5 Å². The van der Waals surface area contributed by atoms with Crippen molar-refractivity contribution in [2.24, 2.45) is 0 Å². The molecule has 0 amide bonds. The lowest BCUT2D eigenvalue weighted by Gasteiger charge is -2.09. The van der Waals surface area contributed by atoms with E-state index in [2.05, 4.69) is 10.3 Å². The molecule has 2 rings (SSSR count). The van der Waals surface area contributed by atoms with E-state index in [1.54, 1.807) is 24.4 Å². The van der Waals surface area contributed by atoms with Crippen molar-refractivity contribution < 1.29 is 11.5 Å². The number of rotatable bonds is 4. The maximum Gasteiger partial charge on any atom is 0.139 e. The number of anilines is 1. The van der Waals surface area contributed by atoms with E-state index >= 15 is 0 Å². The minimum absolute atomic E-state index is 0.142. The van der Waals surface area contributed by atoms with E-state index < -0.39 is 11.8 Å². The van der Waals surface area contributed by atoms with Gasteiger partial charge in [-0.1, -0.05) is 30.0 Å². The maximum absolute atomic E-state index is 13.5. The first-order valence-electron chi connectivity index (χ1n) is 6.25. The summed E-state index contributed by atoms with van der Waals surface area (Å²) in [6.07, 6.45) is 1.59. The van der Waals surface area contributed by atoms with Gasteiger partial charge >= 0.3 is 0 Å². The summed E-state index contributed by atoms with van der Waals surface area (Å²) in [5.41, 5.74) is 0.977. The van der Waals surface area contributed by atoms with Crippen LogP contribution in [0.25, 0.3) is 0 Å². The zero-order valence-electron chi connectivity index (χ0n) is 11.6. The summed E-state index contributed by atoms with van der Waals surface area (Å²) in [5, 5.41) is 2.86. The van der Waals surface area contributed by atoms with Gasteiger partial charge < -0.3 is 5.32 Å². The molecule has 6 heteroatoms. The molecule has 0 spiro atoms. The normalized spacial score (nSPS) is 12.5. The van der Waals surface area contributed by atoms with Crippen LogP contribution >= 0.6 is 24.0 Å². The molecule has 0 unspecified atom stereocenters. The van der Waals surface area contributed by atoms with Crippen molar-refractivity contribution in [3.05, 3.63) is 54.1 Å². The summed E-state index contributed by atoms with van der Waals surface area (Å²) in [7, 11) is 0. The second-order valence-corrected chi connectivity index (χ2v) is 4.70. The fourth-order valence-corrected chi connectivity index (χ4v) is 2.07. The lowest BCUT2D eigenvalue weighted by Crippen LogP contribution is -2.12. The molecule has 2 nitrogen and oxygen atoms in total. The third kappa shape index (κ3) is 3.71. The minimum atomic E-state index is -3.05. The van der Waals surface area contributed by atoms with Gasteiger partial charge in [-0.2, -0.15) is 0 Å². The van der Waals surface area contributed by atoms with Gasteiger partial charge in [0.25, 0.3) is 0 Å². The summed E-state index contributed by atoms with van der Waals surface area (Å²) in [5.74, 6) is -3.75. The Morgan fingerprint density at radius 3 is 2.95 bits per heavy atom. The highest BCUT2D eigenvalue weighted by Crippen LogP contribution is 2.25. The Labute approximate surface area is 122 Å². The van der Waals surface area contributed by atoms with Crippen LogP contribution in [-0.2, 0) is 0 Å². The first-order valence-corrected chi connectivity index (χ1v) is 6.47. The molecule has 0 aliphatic carbocycles. The number of hydrogen-bond acceptors (Lipinski definition) is 3. The van der Waals surface area contributed by atoms with E-state index in [0.29, 0.717) is 16.4 Å². The van der Waals surface area contributed by atoms with Crippen LogP contribution in [-0.4, -0.2) is 15.9 Å². The fraction of sp³-hybridized carbons (Fsp3) is 0.0769. The Kier molecular flexibility index (Phi) is 3.92. The van der Waals surface area contributed by atoms with Gasteiger partial charge in [0, 0.05) is 16.8 Å². The third-order valence-corrected chi connectivity index (χ3v) is 3.16. The summed E-state index contributed by atoms with van der Waals surface area (Å²) in [6.45, 7) is 0. The van der Waals surface area contributed by atoms with Crippen molar-refractivity contribution in [2.75, 3.05) is 11.3 Å². The monoisotopic (exact) mass is 297 g/mol. The van der Waals surface area contributed by atoms with E-state index in [1.165, 1.54) is 12.1 Å². The van der Waals surface area contributed by atoms with Crippen LogP contribution in [0.1, 0.15) is 8.44 Å². The molecule has 0 saturated carbocycles. The number of pyridine rings is 1. The van der Waals surface area contributed by atoms with Crippen LogP contribution < -0.4 is 5.32 Å². The second kappa shape index (κ2) is 6.58. The Balaban J connectivity index is 2.18. The van der Waals surface area contributed by atoms with Gasteiger partial charge in [-0.05, 0) is 30.3 Å². The topological polar surface area (TPSA) is 24.9 Å². The molecule has 2 aromatic rings. The number of hydrogen-bond donors (Lipinski definition) is 1. The molecule has 0 radical (unpaired) electrons. The fourth-order valence-electron chi connectivity index (χ4n) is 1.39. The number of alkyl halides is 1. The van der Waals surface area contributed by atoms with Gasteiger partial charge in [-0.3, -0.25) is 4.98 Å². The van der Waals surface area contributed by atoms with Gasteiger partial charge in [0.15, 0.2) is 0 Å². The smallest absolute Gasteiger partial charge is 0.139 e. The number of halogens is 2. The predicted octanol–water partition coefficient (Wildman–Crippen LogP) is 4.03. The number of aromatic nitrogens is 1. The number of nitrogens with one attached hydrogen (secondary N) is 1. The second-order valence-electron chi connectivity index (χ2n) is 3.49. The van der Waals surface area contributed by atoms with Crippen LogP contribution in [0.15, 0.2) is 47.5 Å². The zero-order valence-corrected chi connectivity index (χ0v) is 11.2. The molecule has 0 aliphatic heterocycles. The highest BCUT2D eigenvalue weighted by Gasteiger charge is 2.07. The summed E-state index contributed by atoms with van der Waals surface area (Å²) >= 11 is 5.32. The molecule has 1 aromatic carbocycles. The minimum Gasteiger partial charge on any atom is -0.345 e. The number of thiocarbonyl (C=S) groups is 1. The quantitative estimate of drug-likeness (QED) is 0.680. The molecule has 0 aliphatic rings. The number of thioether (sulfide) groups is 1. The largest absolute Gasteiger partial charge is 0.345 e. The van der Waals surface area contributed by atoms with Crippen LogP contribution in [0.2, 0.25) is 0 Å². The predicted molar refractivity (Wildman–Crippen MR) is 77.8 cm³/mol. The summed E-state index contributed by atoms with van der Waals surface area (Å²) in [6, 6.07) is 9.10.